The van der Waals surface area contributed by atoms with Gasteiger partial charge in [-0.1, -0.05) is 11.6 Å². The number of benzene rings is 1. The van der Waals surface area contributed by atoms with Crippen LogP contribution in [-0.2, 0) is 6.61 Å². The Morgan fingerprint density at radius 1 is 1.38 bits per heavy atom. The molecule has 16 heavy (non-hydrogen) atoms. The zero-order valence-corrected chi connectivity index (χ0v) is 8.97. The van der Waals surface area contributed by atoms with Crippen molar-refractivity contribution >= 4 is 6.29 Å². The number of ether oxygens (including phenoxy) is 1. The molecule has 0 spiro atoms. The van der Waals surface area contributed by atoms with Gasteiger partial charge in [0.15, 0.2) is 6.29 Å². The second-order valence-electron chi connectivity index (χ2n) is 3.53. The maximum Gasteiger partial charge on any atom is 0.153 e. The van der Waals surface area contributed by atoms with Crippen LogP contribution in [0, 0.1) is 6.92 Å². The Hall–Kier alpha value is -2.03. The molecule has 0 N–H and O–H groups in total. The maximum atomic E-state index is 10.8. The quantitative estimate of drug-likeness (QED) is 0.737. The lowest BCUT2D eigenvalue weighted by atomic mass is 10.1. The van der Waals surface area contributed by atoms with Crippen molar-refractivity contribution in [3.63, 3.8) is 0 Å². The average molecular weight is 216 g/mol. The van der Waals surface area contributed by atoms with Crippen LogP contribution in [0.15, 0.2) is 41.0 Å². The number of aldehydes is 1. The van der Waals surface area contributed by atoms with Gasteiger partial charge >= 0.3 is 0 Å². The molecule has 1 heterocycles. The summed E-state index contributed by atoms with van der Waals surface area (Å²) in [4.78, 5) is 10.8. The summed E-state index contributed by atoms with van der Waals surface area (Å²) in [6, 6.07) is 9.13. The van der Waals surface area contributed by atoms with Gasteiger partial charge in [-0.3, -0.25) is 4.79 Å². The van der Waals surface area contributed by atoms with E-state index in [1.54, 1.807) is 24.5 Å². The van der Waals surface area contributed by atoms with E-state index in [0.717, 1.165) is 17.6 Å². The maximum absolute atomic E-state index is 10.8. The van der Waals surface area contributed by atoms with E-state index >= 15 is 0 Å². The van der Waals surface area contributed by atoms with Crippen LogP contribution in [0.1, 0.15) is 21.7 Å². The summed E-state index contributed by atoms with van der Waals surface area (Å²) >= 11 is 0. The van der Waals surface area contributed by atoms with E-state index in [1.165, 1.54) is 0 Å². The van der Waals surface area contributed by atoms with Crippen LogP contribution in [-0.4, -0.2) is 6.29 Å². The van der Waals surface area contributed by atoms with Crippen LogP contribution >= 0.6 is 0 Å². The molecule has 0 saturated heterocycles. The molecule has 2 aromatic rings. The van der Waals surface area contributed by atoms with Gasteiger partial charge in [-0.25, -0.2) is 0 Å². The Kier molecular flexibility index (Phi) is 3.05. The van der Waals surface area contributed by atoms with E-state index in [2.05, 4.69) is 0 Å². The molecule has 0 aliphatic heterocycles. The third-order valence-corrected chi connectivity index (χ3v) is 2.24. The lowest BCUT2D eigenvalue weighted by Gasteiger charge is -2.07. The SMILES string of the molecule is Cc1ccc(OCc2ccco2)c(C=O)c1. The second-order valence-corrected chi connectivity index (χ2v) is 3.53. The highest BCUT2D eigenvalue weighted by atomic mass is 16.5. The largest absolute Gasteiger partial charge is 0.485 e. The zero-order chi connectivity index (χ0) is 11.4. The monoisotopic (exact) mass is 216 g/mol. The fourth-order valence-corrected chi connectivity index (χ4v) is 1.44. The molecular formula is C13H12O3. The minimum absolute atomic E-state index is 0.330. The lowest BCUT2D eigenvalue weighted by Crippen LogP contribution is -1.97. The van der Waals surface area contributed by atoms with Gasteiger partial charge in [0, 0.05) is 0 Å². The fraction of sp³-hybridized carbons (Fsp3) is 0.154. The van der Waals surface area contributed by atoms with Crippen LogP contribution in [0.4, 0.5) is 0 Å². The first-order valence-electron chi connectivity index (χ1n) is 5.00. The van der Waals surface area contributed by atoms with Gasteiger partial charge in [0.05, 0.1) is 11.8 Å². The standard InChI is InChI=1S/C13H12O3/c1-10-4-5-13(11(7-10)8-14)16-9-12-3-2-6-15-12/h2-8H,9H2,1H3. The molecule has 1 aromatic heterocycles. The second kappa shape index (κ2) is 4.66. The van der Waals surface area contributed by atoms with Crippen molar-refractivity contribution in [1.29, 1.82) is 0 Å². The lowest BCUT2D eigenvalue weighted by molar-refractivity contribution is 0.111. The third kappa shape index (κ3) is 2.31. The van der Waals surface area contributed by atoms with Crippen LogP contribution in [0.5, 0.6) is 5.75 Å². The molecule has 0 bridgehead atoms. The van der Waals surface area contributed by atoms with Gasteiger partial charge in [0.2, 0.25) is 0 Å². The van der Waals surface area contributed by atoms with Crippen LogP contribution in [0.2, 0.25) is 0 Å². The summed E-state index contributed by atoms with van der Waals surface area (Å²) in [6.07, 6.45) is 2.39. The van der Waals surface area contributed by atoms with Crippen molar-refractivity contribution < 1.29 is 13.9 Å². The Bertz CT molecular complexity index is 472. The van der Waals surface area contributed by atoms with E-state index in [-0.39, 0.29) is 0 Å². The minimum Gasteiger partial charge on any atom is -0.485 e. The fourth-order valence-electron chi connectivity index (χ4n) is 1.44. The van der Waals surface area contributed by atoms with Crippen molar-refractivity contribution in [2.24, 2.45) is 0 Å². The van der Waals surface area contributed by atoms with Crippen molar-refractivity contribution in [2.45, 2.75) is 13.5 Å². The molecule has 2 rings (SSSR count). The molecule has 82 valence electrons. The number of carbonyl (C=O) groups is 1. The summed E-state index contributed by atoms with van der Waals surface area (Å²) < 4.78 is 10.6. The predicted molar refractivity (Wildman–Crippen MR) is 59.6 cm³/mol. The smallest absolute Gasteiger partial charge is 0.153 e. The molecule has 0 saturated carbocycles. The van der Waals surface area contributed by atoms with Gasteiger partial charge < -0.3 is 9.15 Å². The Morgan fingerprint density at radius 3 is 2.94 bits per heavy atom. The topological polar surface area (TPSA) is 39.4 Å². The Labute approximate surface area is 93.7 Å². The van der Waals surface area contributed by atoms with Gasteiger partial charge in [0.25, 0.3) is 0 Å². The van der Waals surface area contributed by atoms with Crippen LogP contribution in [0.3, 0.4) is 0 Å². The van der Waals surface area contributed by atoms with E-state index in [9.17, 15) is 4.79 Å². The normalized spacial score (nSPS) is 10.1. The van der Waals surface area contributed by atoms with E-state index in [4.69, 9.17) is 9.15 Å². The molecule has 3 heteroatoms. The van der Waals surface area contributed by atoms with Crippen molar-refractivity contribution in [1.82, 2.24) is 0 Å². The molecule has 0 aliphatic carbocycles. The number of furan rings is 1. The molecule has 3 nitrogen and oxygen atoms in total. The van der Waals surface area contributed by atoms with Crippen LogP contribution in [0.25, 0.3) is 0 Å². The molecule has 1 aromatic carbocycles. The van der Waals surface area contributed by atoms with Crippen molar-refractivity contribution in [3.8, 4) is 5.75 Å². The molecule has 0 fully saturated rings. The Morgan fingerprint density at radius 2 is 2.25 bits per heavy atom. The van der Waals surface area contributed by atoms with E-state index < -0.39 is 0 Å². The first-order valence-corrected chi connectivity index (χ1v) is 5.00. The van der Waals surface area contributed by atoms with E-state index in [1.807, 2.05) is 19.1 Å². The zero-order valence-electron chi connectivity index (χ0n) is 8.97. The van der Waals surface area contributed by atoms with Gasteiger partial charge in [-0.2, -0.15) is 0 Å². The minimum atomic E-state index is 0.330. The predicted octanol–water partition coefficient (Wildman–Crippen LogP) is 2.98. The molecule has 0 unspecified atom stereocenters. The first-order chi connectivity index (χ1) is 7.79. The summed E-state index contributed by atoms with van der Waals surface area (Å²) in [7, 11) is 0. The highest BCUT2D eigenvalue weighted by Crippen LogP contribution is 2.19. The first kappa shape index (κ1) is 10.5. The number of hydrogen-bond acceptors (Lipinski definition) is 3. The van der Waals surface area contributed by atoms with Gasteiger partial charge in [0.1, 0.15) is 18.1 Å². The third-order valence-electron chi connectivity index (χ3n) is 2.24. The highest BCUT2D eigenvalue weighted by molar-refractivity contribution is 5.79. The molecule has 0 radical (unpaired) electrons. The summed E-state index contributed by atoms with van der Waals surface area (Å²) in [5.74, 6) is 1.31. The van der Waals surface area contributed by atoms with Gasteiger partial charge in [-0.15, -0.1) is 0 Å². The van der Waals surface area contributed by atoms with Gasteiger partial charge in [-0.05, 0) is 31.2 Å². The Balaban J connectivity index is 2.12. The van der Waals surface area contributed by atoms with E-state index in [0.29, 0.717) is 17.9 Å². The molecule has 0 amide bonds. The summed E-state index contributed by atoms with van der Waals surface area (Å²) in [6.45, 7) is 2.26. The van der Waals surface area contributed by atoms with Crippen LogP contribution < -0.4 is 4.74 Å². The number of aryl methyl sites for hydroxylation is 1. The highest BCUT2D eigenvalue weighted by Gasteiger charge is 2.04. The molecule has 0 atom stereocenters. The van der Waals surface area contributed by atoms with Crippen molar-refractivity contribution in [3.05, 3.63) is 53.5 Å². The molecule has 0 aliphatic rings. The number of hydrogen-bond donors (Lipinski definition) is 0. The summed E-state index contributed by atoms with van der Waals surface area (Å²) in [5, 5.41) is 0. The summed E-state index contributed by atoms with van der Waals surface area (Å²) in [5.41, 5.74) is 1.60. The molecular weight excluding hydrogens is 204 g/mol. The number of carbonyl (C=O) groups excluding carboxylic acids is 1. The van der Waals surface area contributed by atoms with Crippen molar-refractivity contribution in [2.75, 3.05) is 0 Å². The number of rotatable bonds is 4. The average Bonchev–Trinajstić information content (AvgIpc) is 2.80.